The van der Waals surface area contributed by atoms with E-state index in [1.54, 1.807) is 67.6 Å². The fraction of sp³-hybridized carbons (Fsp3) is 0.148. The van der Waals surface area contributed by atoms with Crippen molar-refractivity contribution in [2.45, 2.75) is 19.4 Å². The zero-order valence-corrected chi connectivity index (χ0v) is 19.9. The highest BCUT2D eigenvalue weighted by atomic mass is 19.1. The summed E-state index contributed by atoms with van der Waals surface area (Å²) >= 11 is 0. The van der Waals surface area contributed by atoms with Gasteiger partial charge < -0.3 is 5.32 Å². The van der Waals surface area contributed by atoms with Crippen LogP contribution >= 0.6 is 0 Å². The molecule has 2 N–H and O–H groups in total. The van der Waals surface area contributed by atoms with Crippen LogP contribution in [0.15, 0.2) is 85.2 Å². The summed E-state index contributed by atoms with van der Waals surface area (Å²) in [5.41, 5.74) is 3.49. The van der Waals surface area contributed by atoms with Crippen molar-refractivity contribution < 1.29 is 23.6 Å². The first-order valence-electron chi connectivity index (χ1n) is 11.5. The second-order valence-electron chi connectivity index (χ2n) is 7.94. The molecule has 2 aromatic heterocycles. The number of nitrogens with zero attached hydrogens (tertiary/aromatic N) is 3. The van der Waals surface area contributed by atoms with Gasteiger partial charge in [-0.05, 0) is 24.6 Å². The molecule has 4 aromatic rings. The van der Waals surface area contributed by atoms with E-state index in [9.17, 15) is 18.8 Å². The van der Waals surface area contributed by atoms with E-state index in [4.69, 9.17) is 4.84 Å². The number of hydrogen-bond donors (Lipinski definition) is 2. The summed E-state index contributed by atoms with van der Waals surface area (Å²) in [5, 5.41) is 7.11. The average Bonchev–Trinajstić information content (AvgIpc) is 3.33. The Hall–Kier alpha value is -4.70. The van der Waals surface area contributed by atoms with E-state index in [0.29, 0.717) is 11.1 Å². The van der Waals surface area contributed by atoms with E-state index in [1.165, 1.54) is 16.9 Å². The van der Waals surface area contributed by atoms with Crippen LogP contribution in [-0.4, -0.2) is 39.0 Å². The van der Waals surface area contributed by atoms with Gasteiger partial charge in [-0.15, -0.1) is 0 Å². The molecule has 0 saturated heterocycles. The summed E-state index contributed by atoms with van der Waals surface area (Å²) < 4.78 is 16.0. The quantitative estimate of drug-likeness (QED) is 0.254. The third-order valence-electron chi connectivity index (χ3n) is 5.42. The molecule has 9 nitrogen and oxygen atoms in total. The van der Waals surface area contributed by atoms with E-state index in [1.807, 2.05) is 6.07 Å². The van der Waals surface area contributed by atoms with Gasteiger partial charge >= 0.3 is 5.91 Å². The summed E-state index contributed by atoms with van der Waals surface area (Å²) in [6.07, 6.45) is 2.31. The summed E-state index contributed by atoms with van der Waals surface area (Å²) in [4.78, 5) is 47.0. The number of ketones is 1. The fourth-order valence-corrected chi connectivity index (χ4v) is 3.66. The minimum absolute atomic E-state index is 0.105. The first-order valence-corrected chi connectivity index (χ1v) is 11.5. The standard InChI is InChI=1S/C27H24FN5O4/c1-2-37-32-27(36)23(34)16-22(18-10-5-3-6-11-18)30-26(35)20-14-9-15-29-25(20)33-17-21(28)24(31-33)19-12-7-4-8-13-19/h3-15,17,22H,2,16H2,1H3,(H,30,35)(H,32,36). The van der Waals surface area contributed by atoms with Gasteiger partial charge in [-0.3, -0.25) is 19.2 Å². The van der Waals surface area contributed by atoms with Crippen molar-refractivity contribution >= 4 is 17.6 Å². The van der Waals surface area contributed by atoms with Gasteiger partial charge in [0.05, 0.1) is 24.4 Å². The lowest BCUT2D eigenvalue weighted by Crippen LogP contribution is -2.36. The zero-order valence-electron chi connectivity index (χ0n) is 19.9. The average molecular weight is 502 g/mol. The van der Waals surface area contributed by atoms with Crippen LogP contribution in [0.25, 0.3) is 17.1 Å². The van der Waals surface area contributed by atoms with Crippen molar-refractivity contribution in [3.05, 3.63) is 102 Å². The molecule has 4 rings (SSSR count). The van der Waals surface area contributed by atoms with Crippen molar-refractivity contribution in [2.24, 2.45) is 0 Å². The van der Waals surface area contributed by atoms with Crippen molar-refractivity contribution in [3.63, 3.8) is 0 Å². The van der Waals surface area contributed by atoms with Gasteiger partial charge in [0.1, 0.15) is 5.69 Å². The lowest BCUT2D eigenvalue weighted by Gasteiger charge is -2.19. The van der Waals surface area contributed by atoms with Gasteiger partial charge in [-0.25, -0.2) is 19.5 Å². The Morgan fingerprint density at radius 2 is 1.70 bits per heavy atom. The largest absolute Gasteiger partial charge is 0.345 e. The number of hydrogen-bond acceptors (Lipinski definition) is 6. The van der Waals surface area contributed by atoms with E-state index in [-0.39, 0.29) is 30.1 Å². The number of hydroxylamine groups is 1. The molecule has 2 heterocycles. The molecule has 0 saturated carbocycles. The lowest BCUT2D eigenvalue weighted by molar-refractivity contribution is -0.145. The third-order valence-corrected chi connectivity index (χ3v) is 5.42. The minimum Gasteiger partial charge on any atom is -0.345 e. The van der Waals surface area contributed by atoms with Crippen LogP contribution in [0.1, 0.15) is 35.3 Å². The van der Waals surface area contributed by atoms with Gasteiger partial charge in [-0.1, -0.05) is 60.7 Å². The van der Waals surface area contributed by atoms with Crippen LogP contribution < -0.4 is 10.8 Å². The lowest BCUT2D eigenvalue weighted by atomic mass is 10.0. The van der Waals surface area contributed by atoms with E-state index in [0.717, 1.165) is 6.20 Å². The number of carbonyl (C=O) groups is 3. The maximum Gasteiger partial charge on any atom is 0.310 e. The SMILES string of the molecule is CCONC(=O)C(=O)CC(NC(=O)c1cccnc1-n1cc(F)c(-c2ccccc2)n1)c1ccccc1. The molecule has 2 amide bonds. The van der Waals surface area contributed by atoms with Crippen LogP contribution in [-0.2, 0) is 14.4 Å². The predicted octanol–water partition coefficient (Wildman–Crippen LogP) is 3.57. The molecule has 0 radical (unpaired) electrons. The molecule has 0 aliphatic rings. The fourth-order valence-electron chi connectivity index (χ4n) is 3.66. The van der Waals surface area contributed by atoms with Gasteiger partial charge in [0, 0.05) is 18.2 Å². The number of Topliss-reactive ketones (excluding diaryl/α,β-unsaturated/α-hetero) is 1. The highest BCUT2D eigenvalue weighted by Crippen LogP contribution is 2.23. The summed E-state index contributed by atoms with van der Waals surface area (Å²) in [5.74, 6) is -2.73. The van der Waals surface area contributed by atoms with Crippen LogP contribution in [0.4, 0.5) is 4.39 Å². The molecule has 2 aromatic carbocycles. The number of halogens is 1. The number of nitrogens with one attached hydrogen (secondary N) is 2. The van der Waals surface area contributed by atoms with Gasteiger partial charge in [0.15, 0.2) is 11.6 Å². The summed E-state index contributed by atoms with van der Waals surface area (Å²) in [6.45, 7) is 1.86. The Morgan fingerprint density at radius 3 is 2.41 bits per heavy atom. The molecular weight excluding hydrogens is 477 g/mol. The molecule has 10 heteroatoms. The normalized spacial score (nSPS) is 11.5. The zero-order chi connectivity index (χ0) is 26.2. The Labute approximate surface area is 212 Å². The van der Waals surface area contributed by atoms with Crippen LogP contribution in [0, 0.1) is 5.82 Å². The summed E-state index contributed by atoms with van der Waals surface area (Å²) in [6, 6.07) is 19.8. The van der Waals surface area contributed by atoms with E-state index in [2.05, 4.69) is 20.9 Å². The molecule has 188 valence electrons. The Balaban J connectivity index is 1.61. The Bertz CT molecular complexity index is 1390. The topological polar surface area (TPSA) is 115 Å². The molecule has 0 spiro atoms. The number of carbonyl (C=O) groups excluding carboxylic acids is 3. The van der Waals surface area contributed by atoms with Gasteiger partial charge in [0.2, 0.25) is 5.78 Å². The van der Waals surface area contributed by atoms with Crippen LogP contribution in [0.5, 0.6) is 0 Å². The maximum atomic E-state index is 14.8. The highest BCUT2D eigenvalue weighted by Gasteiger charge is 2.25. The van der Waals surface area contributed by atoms with Crippen molar-refractivity contribution in [3.8, 4) is 17.1 Å². The number of rotatable bonds is 10. The van der Waals surface area contributed by atoms with Crippen molar-refractivity contribution in [2.75, 3.05) is 6.61 Å². The van der Waals surface area contributed by atoms with E-state index >= 15 is 0 Å². The molecule has 0 bridgehead atoms. The molecule has 0 aliphatic heterocycles. The second kappa shape index (κ2) is 11.8. The summed E-state index contributed by atoms with van der Waals surface area (Å²) in [7, 11) is 0. The number of aromatic nitrogens is 3. The second-order valence-corrected chi connectivity index (χ2v) is 7.94. The first-order chi connectivity index (χ1) is 18.0. The first kappa shape index (κ1) is 25.4. The van der Waals surface area contributed by atoms with Crippen LogP contribution in [0.2, 0.25) is 0 Å². The number of benzene rings is 2. The Kier molecular flexibility index (Phi) is 8.11. The molecule has 1 unspecified atom stereocenters. The Morgan fingerprint density at radius 1 is 1.00 bits per heavy atom. The van der Waals surface area contributed by atoms with Crippen molar-refractivity contribution in [1.29, 1.82) is 0 Å². The molecule has 0 fully saturated rings. The number of amides is 2. The monoisotopic (exact) mass is 501 g/mol. The molecular formula is C27H24FN5O4. The number of pyridine rings is 1. The predicted molar refractivity (Wildman–Crippen MR) is 133 cm³/mol. The third kappa shape index (κ3) is 6.11. The minimum atomic E-state index is -0.917. The smallest absolute Gasteiger partial charge is 0.310 e. The van der Waals surface area contributed by atoms with Crippen molar-refractivity contribution in [1.82, 2.24) is 25.6 Å². The highest BCUT2D eigenvalue weighted by molar-refractivity contribution is 6.36. The molecule has 0 aliphatic carbocycles. The molecule has 37 heavy (non-hydrogen) atoms. The molecule has 1 atom stereocenters. The van der Waals surface area contributed by atoms with E-state index < -0.39 is 29.5 Å². The van der Waals surface area contributed by atoms with Crippen LogP contribution in [0.3, 0.4) is 0 Å². The van der Waals surface area contributed by atoms with Gasteiger partial charge in [0.25, 0.3) is 5.91 Å². The van der Waals surface area contributed by atoms with Gasteiger partial charge in [-0.2, -0.15) is 5.10 Å². The maximum absolute atomic E-state index is 14.8.